The molecular weight excluding hydrogens is 306 g/mol. The topological polar surface area (TPSA) is 87.0 Å². The smallest absolute Gasteiger partial charge is 0.336 e. The summed E-state index contributed by atoms with van der Waals surface area (Å²) in [5, 5.41) is 18.9. The van der Waals surface area contributed by atoms with E-state index in [1.54, 1.807) is 18.2 Å². The Labute approximate surface area is 131 Å². The van der Waals surface area contributed by atoms with Gasteiger partial charge in [0.1, 0.15) is 0 Å². The number of rotatable bonds is 4. The summed E-state index contributed by atoms with van der Waals surface area (Å²) < 4.78 is 0. The molecule has 0 saturated carbocycles. The van der Waals surface area contributed by atoms with E-state index in [1.165, 1.54) is 24.4 Å². The van der Waals surface area contributed by atoms with Crippen molar-refractivity contribution in [2.45, 2.75) is 6.92 Å². The average molecular weight is 318 g/mol. The summed E-state index contributed by atoms with van der Waals surface area (Å²) in [7, 11) is 0. The van der Waals surface area contributed by atoms with E-state index in [0.717, 1.165) is 5.56 Å². The van der Waals surface area contributed by atoms with Crippen molar-refractivity contribution in [3.63, 3.8) is 0 Å². The Morgan fingerprint density at radius 1 is 1.09 bits per heavy atom. The number of aliphatic imine (C=N–C) groups is 1. The van der Waals surface area contributed by atoms with E-state index in [0.29, 0.717) is 10.7 Å². The van der Waals surface area contributed by atoms with Gasteiger partial charge in [0.25, 0.3) is 0 Å². The first-order valence-electron chi connectivity index (χ1n) is 6.30. The van der Waals surface area contributed by atoms with Gasteiger partial charge in [0.05, 0.1) is 16.8 Å². The number of aryl methyl sites for hydroxylation is 1. The number of carbonyl (C=O) groups is 2. The molecule has 6 heteroatoms. The van der Waals surface area contributed by atoms with Gasteiger partial charge >= 0.3 is 11.9 Å². The molecule has 0 aliphatic rings. The van der Waals surface area contributed by atoms with Crippen LogP contribution in [0.15, 0.2) is 41.4 Å². The monoisotopic (exact) mass is 317 g/mol. The maximum atomic E-state index is 11.3. The molecule has 0 aliphatic heterocycles. The van der Waals surface area contributed by atoms with Crippen molar-refractivity contribution >= 4 is 35.4 Å². The Morgan fingerprint density at radius 2 is 1.68 bits per heavy atom. The quantitative estimate of drug-likeness (QED) is 0.840. The van der Waals surface area contributed by atoms with Gasteiger partial charge in [0.15, 0.2) is 0 Å². The largest absolute Gasteiger partial charge is 0.478 e. The maximum absolute atomic E-state index is 11.3. The summed E-state index contributed by atoms with van der Waals surface area (Å²) in [5.74, 6) is -2.43. The molecule has 112 valence electrons. The lowest BCUT2D eigenvalue weighted by atomic mass is 10.0. The Kier molecular flexibility index (Phi) is 4.58. The number of nitrogens with zero attached hydrogens (tertiary/aromatic N) is 1. The first-order valence-corrected chi connectivity index (χ1v) is 6.67. The molecule has 2 rings (SSSR count). The van der Waals surface area contributed by atoms with E-state index < -0.39 is 11.9 Å². The molecule has 0 spiro atoms. The molecule has 0 radical (unpaired) electrons. The fraction of sp³-hybridized carbons (Fsp3) is 0.0625. The number of hydrogen-bond acceptors (Lipinski definition) is 3. The summed E-state index contributed by atoms with van der Waals surface area (Å²) in [6.45, 7) is 1.82. The van der Waals surface area contributed by atoms with Crippen LogP contribution in [0.2, 0.25) is 5.02 Å². The van der Waals surface area contributed by atoms with Gasteiger partial charge < -0.3 is 10.2 Å². The lowest BCUT2D eigenvalue weighted by Gasteiger charge is -2.06. The van der Waals surface area contributed by atoms with E-state index in [4.69, 9.17) is 11.6 Å². The predicted octanol–water partition coefficient (Wildman–Crippen LogP) is 3.80. The second-order valence-corrected chi connectivity index (χ2v) is 5.00. The van der Waals surface area contributed by atoms with E-state index in [2.05, 4.69) is 4.99 Å². The fourth-order valence-corrected chi connectivity index (χ4v) is 2.10. The first-order chi connectivity index (χ1) is 10.4. The van der Waals surface area contributed by atoms with Crippen molar-refractivity contribution in [2.75, 3.05) is 0 Å². The molecule has 0 aliphatic carbocycles. The van der Waals surface area contributed by atoms with Crippen LogP contribution in [0, 0.1) is 6.92 Å². The third kappa shape index (κ3) is 3.32. The van der Waals surface area contributed by atoms with E-state index >= 15 is 0 Å². The third-order valence-corrected chi connectivity index (χ3v) is 3.31. The van der Waals surface area contributed by atoms with Crippen molar-refractivity contribution in [3.05, 3.63) is 63.7 Å². The average Bonchev–Trinajstić information content (AvgIpc) is 2.47. The Morgan fingerprint density at radius 3 is 2.23 bits per heavy atom. The highest BCUT2D eigenvalue weighted by atomic mass is 35.5. The second kappa shape index (κ2) is 6.41. The van der Waals surface area contributed by atoms with Gasteiger partial charge in [-0.05, 0) is 36.8 Å². The molecule has 0 amide bonds. The van der Waals surface area contributed by atoms with E-state index in [9.17, 15) is 19.8 Å². The summed E-state index contributed by atoms with van der Waals surface area (Å²) >= 11 is 5.90. The number of benzene rings is 2. The van der Waals surface area contributed by atoms with Crippen LogP contribution in [0.25, 0.3) is 0 Å². The lowest BCUT2D eigenvalue weighted by Crippen LogP contribution is -2.09. The number of carboxylic acid groups (broad SMARTS) is 2. The molecule has 2 aromatic carbocycles. The standard InChI is InChI=1S/C16H12ClNO4/c1-9-5-6-10(17)7-14(9)18-8-13-11(15(19)20)3-2-4-12(13)16(21)22/h2-8H,1H3,(H,19,20)(H,21,22). The molecule has 0 saturated heterocycles. The molecule has 0 atom stereocenters. The lowest BCUT2D eigenvalue weighted by molar-refractivity contribution is 0.0696. The van der Waals surface area contributed by atoms with Crippen LogP contribution in [0.1, 0.15) is 31.8 Å². The van der Waals surface area contributed by atoms with Crippen LogP contribution in [0.5, 0.6) is 0 Å². The van der Waals surface area contributed by atoms with Crippen LogP contribution in [0.4, 0.5) is 5.69 Å². The summed E-state index contributed by atoms with van der Waals surface area (Å²) in [4.78, 5) is 26.7. The normalized spacial score (nSPS) is 10.8. The molecule has 0 unspecified atom stereocenters. The Bertz CT molecular complexity index is 751. The number of halogens is 1. The van der Waals surface area contributed by atoms with Crippen LogP contribution >= 0.6 is 11.6 Å². The van der Waals surface area contributed by atoms with E-state index in [-0.39, 0.29) is 16.7 Å². The Hall–Kier alpha value is -2.66. The first kappa shape index (κ1) is 15.7. The van der Waals surface area contributed by atoms with Gasteiger partial charge in [0, 0.05) is 16.8 Å². The van der Waals surface area contributed by atoms with Gasteiger partial charge in [-0.1, -0.05) is 23.7 Å². The van der Waals surface area contributed by atoms with Gasteiger partial charge in [-0.2, -0.15) is 0 Å². The van der Waals surface area contributed by atoms with Gasteiger partial charge in [-0.25, -0.2) is 9.59 Å². The maximum Gasteiger partial charge on any atom is 0.336 e. The van der Waals surface area contributed by atoms with Crippen LogP contribution in [-0.4, -0.2) is 28.4 Å². The highest BCUT2D eigenvalue weighted by molar-refractivity contribution is 6.30. The summed E-state index contributed by atoms with van der Waals surface area (Å²) in [5.41, 5.74) is 1.18. The molecule has 0 bridgehead atoms. The van der Waals surface area contributed by atoms with Gasteiger partial charge in [-0.3, -0.25) is 4.99 Å². The van der Waals surface area contributed by atoms with E-state index in [1.807, 2.05) is 6.92 Å². The number of hydrogen-bond donors (Lipinski definition) is 2. The van der Waals surface area contributed by atoms with Crippen molar-refractivity contribution in [3.8, 4) is 0 Å². The van der Waals surface area contributed by atoms with Crippen molar-refractivity contribution in [2.24, 2.45) is 4.99 Å². The Balaban J connectivity index is 2.56. The predicted molar refractivity (Wildman–Crippen MR) is 83.8 cm³/mol. The summed E-state index contributed by atoms with van der Waals surface area (Å²) in [6, 6.07) is 9.16. The van der Waals surface area contributed by atoms with Crippen LogP contribution in [0.3, 0.4) is 0 Å². The molecule has 5 nitrogen and oxygen atoms in total. The highest BCUT2D eigenvalue weighted by Gasteiger charge is 2.16. The van der Waals surface area contributed by atoms with Crippen molar-refractivity contribution in [1.29, 1.82) is 0 Å². The molecule has 2 N–H and O–H groups in total. The van der Waals surface area contributed by atoms with Crippen molar-refractivity contribution < 1.29 is 19.8 Å². The van der Waals surface area contributed by atoms with Gasteiger partial charge in [-0.15, -0.1) is 0 Å². The minimum atomic E-state index is -1.22. The van der Waals surface area contributed by atoms with Crippen LogP contribution in [-0.2, 0) is 0 Å². The zero-order chi connectivity index (χ0) is 16.3. The minimum absolute atomic E-state index is 0.0434. The molecular formula is C16H12ClNO4. The zero-order valence-corrected chi connectivity index (χ0v) is 12.3. The molecule has 0 fully saturated rings. The fourth-order valence-electron chi connectivity index (χ4n) is 1.93. The number of aromatic carboxylic acids is 2. The second-order valence-electron chi connectivity index (χ2n) is 4.57. The van der Waals surface area contributed by atoms with Gasteiger partial charge in [0.2, 0.25) is 0 Å². The molecule has 0 aromatic heterocycles. The van der Waals surface area contributed by atoms with Crippen molar-refractivity contribution in [1.82, 2.24) is 0 Å². The van der Waals surface area contributed by atoms with Crippen LogP contribution < -0.4 is 0 Å². The SMILES string of the molecule is Cc1ccc(Cl)cc1N=Cc1c(C(=O)O)cccc1C(=O)O. The minimum Gasteiger partial charge on any atom is -0.478 e. The summed E-state index contributed by atoms with van der Waals surface area (Å²) in [6.07, 6.45) is 1.24. The molecule has 2 aromatic rings. The zero-order valence-electron chi connectivity index (χ0n) is 11.6. The molecule has 0 heterocycles. The number of carboxylic acids is 2. The highest BCUT2D eigenvalue weighted by Crippen LogP contribution is 2.23. The molecule has 22 heavy (non-hydrogen) atoms. The third-order valence-electron chi connectivity index (χ3n) is 3.07.